The summed E-state index contributed by atoms with van der Waals surface area (Å²) in [5.41, 5.74) is 2.31. The molecule has 0 bridgehead atoms. The third kappa shape index (κ3) is 3.09. The summed E-state index contributed by atoms with van der Waals surface area (Å²) in [5, 5.41) is 4.46. The van der Waals surface area contributed by atoms with Crippen LogP contribution in [0.4, 0.5) is 0 Å². The second kappa shape index (κ2) is 5.95. The summed E-state index contributed by atoms with van der Waals surface area (Å²) in [6.07, 6.45) is 7.04. The molecule has 1 saturated carbocycles. The number of halogens is 1. The monoisotopic (exact) mass is 326 g/mol. The molecule has 0 aliphatic heterocycles. The Morgan fingerprint density at radius 2 is 2.13 bits per heavy atom. The molecule has 1 aliphatic carbocycles. The van der Waals surface area contributed by atoms with Crippen molar-refractivity contribution in [1.82, 2.24) is 19.7 Å². The van der Waals surface area contributed by atoms with E-state index in [-0.39, 0.29) is 0 Å². The van der Waals surface area contributed by atoms with Gasteiger partial charge >= 0.3 is 0 Å². The Bertz CT molecular complexity index is 778. The van der Waals surface area contributed by atoms with Gasteiger partial charge in [-0.2, -0.15) is 0 Å². The molecule has 3 aromatic rings. The lowest BCUT2D eigenvalue weighted by molar-refractivity contribution is 0.459. The molecule has 118 valence electrons. The smallest absolute Gasteiger partial charge is 0.233 e. The number of nitrogens with one attached hydrogen (secondary N) is 1. The van der Waals surface area contributed by atoms with Gasteiger partial charge < -0.3 is 5.32 Å². The molecule has 0 radical (unpaired) electrons. The SMILES string of the molecule is C[C@@H]1C[C@H]1[C@@H](NCc1cn2cccnc2n1)c1ccc(Cl)cc1. The highest BCUT2D eigenvalue weighted by molar-refractivity contribution is 6.30. The molecule has 23 heavy (non-hydrogen) atoms. The lowest BCUT2D eigenvalue weighted by atomic mass is 10.0. The van der Waals surface area contributed by atoms with Crippen molar-refractivity contribution in [2.45, 2.75) is 25.9 Å². The Morgan fingerprint density at radius 1 is 1.35 bits per heavy atom. The fourth-order valence-electron chi connectivity index (χ4n) is 3.18. The Kier molecular flexibility index (Phi) is 3.79. The number of hydrogen-bond acceptors (Lipinski definition) is 3. The van der Waals surface area contributed by atoms with E-state index in [1.54, 1.807) is 6.20 Å². The zero-order valence-electron chi connectivity index (χ0n) is 13.0. The summed E-state index contributed by atoms with van der Waals surface area (Å²) in [6, 6.07) is 10.4. The zero-order chi connectivity index (χ0) is 15.8. The normalized spacial score (nSPS) is 21.5. The number of hydrogen-bond donors (Lipinski definition) is 1. The first kappa shape index (κ1) is 14.7. The first-order valence-corrected chi connectivity index (χ1v) is 8.36. The Labute approximate surface area is 140 Å². The highest BCUT2D eigenvalue weighted by Gasteiger charge is 2.39. The summed E-state index contributed by atoms with van der Waals surface area (Å²) in [6.45, 7) is 3.05. The van der Waals surface area contributed by atoms with Gasteiger partial charge in [-0.05, 0) is 42.0 Å². The van der Waals surface area contributed by atoms with Crippen LogP contribution in [0, 0.1) is 11.8 Å². The van der Waals surface area contributed by atoms with E-state index in [2.05, 4.69) is 34.3 Å². The molecule has 2 heterocycles. The van der Waals surface area contributed by atoms with Crippen molar-refractivity contribution >= 4 is 17.4 Å². The fraction of sp³-hybridized carbons (Fsp3) is 0.333. The minimum atomic E-state index is 0.347. The molecule has 3 atom stereocenters. The van der Waals surface area contributed by atoms with Crippen molar-refractivity contribution in [3.05, 3.63) is 65.2 Å². The highest BCUT2D eigenvalue weighted by Crippen LogP contribution is 2.47. The number of aromatic nitrogens is 3. The van der Waals surface area contributed by atoms with Crippen LogP contribution in [0.3, 0.4) is 0 Å². The minimum absolute atomic E-state index is 0.347. The van der Waals surface area contributed by atoms with Crippen LogP contribution in [0.15, 0.2) is 48.9 Å². The molecule has 0 saturated heterocycles. The van der Waals surface area contributed by atoms with E-state index in [0.717, 1.165) is 29.0 Å². The molecular weight excluding hydrogens is 308 g/mol. The van der Waals surface area contributed by atoms with Crippen molar-refractivity contribution < 1.29 is 0 Å². The van der Waals surface area contributed by atoms with Gasteiger partial charge in [-0.15, -0.1) is 0 Å². The van der Waals surface area contributed by atoms with Crippen LogP contribution in [0.25, 0.3) is 5.78 Å². The van der Waals surface area contributed by atoms with Gasteiger partial charge in [0.15, 0.2) is 0 Å². The molecule has 1 fully saturated rings. The maximum atomic E-state index is 6.02. The van der Waals surface area contributed by atoms with E-state index >= 15 is 0 Å². The van der Waals surface area contributed by atoms with Crippen LogP contribution in [0.5, 0.6) is 0 Å². The third-order valence-corrected chi connectivity index (χ3v) is 4.87. The van der Waals surface area contributed by atoms with Crippen LogP contribution >= 0.6 is 11.6 Å². The van der Waals surface area contributed by atoms with Gasteiger partial charge in [0.25, 0.3) is 0 Å². The standard InChI is InChI=1S/C18H19ClN4/c1-12-9-16(12)17(13-3-5-14(19)6-4-13)21-10-15-11-23-8-2-7-20-18(23)22-15/h2-8,11-12,16-17,21H,9-10H2,1H3/t12-,16-,17+/m1/s1. The minimum Gasteiger partial charge on any atom is -0.304 e. The van der Waals surface area contributed by atoms with Crippen molar-refractivity contribution in [2.75, 3.05) is 0 Å². The summed E-state index contributed by atoms with van der Waals surface area (Å²) in [5.74, 6) is 2.20. The van der Waals surface area contributed by atoms with Crippen molar-refractivity contribution in [3.8, 4) is 0 Å². The van der Waals surface area contributed by atoms with Gasteiger partial charge in [0.1, 0.15) is 0 Å². The Balaban J connectivity index is 1.52. The van der Waals surface area contributed by atoms with Gasteiger partial charge in [-0.1, -0.05) is 30.7 Å². The summed E-state index contributed by atoms with van der Waals surface area (Å²) >= 11 is 6.02. The average molecular weight is 327 g/mol. The van der Waals surface area contributed by atoms with Crippen LogP contribution in [-0.4, -0.2) is 14.4 Å². The molecule has 1 N–H and O–H groups in total. The van der Waals surface area contributed by atoms with Gasteiger partial charge in [-0.25, -0.2) is 9.97 Å². The lowest BCUT2D eigenvalue weighted by Gasteiger charge is -2.19. The summed E-state index contributed by atoms with van der Waals surface area (Å²) in [4.78, 5) is 8.83. The molecule has 4 nitrogen and oxygen atoms in total. The molecule has 0 spiro atoms. The van der Waals surface area contributed by atoms with Crippen LogP contribution < -0.4 is 5.32 Å². The number of rotatable bonds is 5. The van der Waals surface area contributed by atoms with E-state index in [9.17, 15) is 0 Å². The topological polar surface area (TPSA) is 42.2 Å². The maximum Gasteiger partial charge on any atom is 0.233 e. The molecule has 1 aliphatic rings. The highest BCUT2D eigenvalue weighted by atomic mass is 35.5. The van der Waals surface area contributed by atoms with Gasteiger partial charge in [0.2, 0.25) is 5.78 Å². The van der Waals surface area contributed by atoms with E-state index in [0.29, 0.717) is 12.0 Å². The van der Waals surface area contributed by atoms with Gasteiger partial charge in [0, 0.05) is 36.2 Å². The van der Waals surface area contributed by atoms with Crippen LogP contribution in [0.2, 0.25) is 5.02 Å². The fourth-order valence-corrected chi connectivity index (χ4v) is 3.31. The van der Waals surface area contributed by atoms with Crippen molar-refractivity contribution in [1.29, 1.82) is 0 Å². The molecule has 1 aromatic carbocycles. The summed E-state index contributed by atoms with van der Waals surface area (Å²) < 4.78 is 1.95. The molecule has 4 rings (SSSR count). The predicted octanol–water partition coefficient (Wildman–Crippen LogP) is 3.87. The van der Waals surface area contributed by atoms with Gasteiger partial charge in [0.05, 0.1) is 5.69 Å². The molecule has 2 aromatic heterocycles. The third-order valence-electron chi connectivity index (χ3n) is 4.62. The predicted molar refractivity (Wildman–Crippen MR) is 91.3 cm³/mol. The van der Waals surface area contributed by atoms with Crippen molar-refractivity contribution in [2.24, 2.45) is 11.8 Å². The van der Waals surface area contributed by atoms with E-state index in [1.807, 2.05) is 35.0 Å². The zero-order valence-corrected chi connectivity index (χ0v) is 13.7. The quantitative estimate of drug-likeness (QED) is 0.774. The number of benzene rings is 1. The number of imidazole rings is 1. The lowest BCUT2D eigenvalue weighted by Crippen LogP contribution is -2.23. The maximum absolute atomic E-state index is 6.02. The molecule has 0 amide bonds. The van der Waals surface area contributed by atoms with Crippen LogP contribution in [-0.2, 0) is 6.54 Å². The molecule has 5 heteroatoms. The summed E-state index contributed by atoms with van der Waals surface area (Å²) in [7, 11) is 0. The van der Waals surface area contributed by atoms with E-state index in [4.69, 9.17) is 11.6 Å². The first-order valence-electron chi connectivity index (χ1n) is 7.98. The molecular formula is C18H19ClN4. The van der Waals surface area contributed by atoms with Crippen LogP contribution in [0.1, 0.15) is 30.6 Å². The second-order valence-electron chi connectivity index (χ2n) is 6.35. The largest absolute Gasteiger partial charge is 0.304 e. The second-order valence-corrected chi connectivity index (χ2v) is 6.78. The Morgan fingerprint density at radius 3 is 2.83 bits per heavy atom. The van der Waals surface area contributed by atoms with E-state index < -0.39 is 0 Å². The average Bonchev–Trinajstić information content (AvgIpc) is 3.12. The first-order chi connectivity index (χ1) is 11.2. The van der Waals surface area contributed by atoms with Crippen molar-refractivity contribution in [3.63, 3.8) is 0 Å². The van der Waals surface area contributed by atoms with Gasteiger partial charge in [-0.3, -0.25) is 4.40 Å². The Hall–Kier alpha value is -1.91. The molecule has 0 unspecified atom stereocenters. The number of nitrogens with zero attached hydrogens (tertiary/aromatic N) is 3. The van der Waals surface area contributed by atoms with E-state index in [1.165, 1.54) is 12.0 Å². The number of fused-ring (bicyclic) bond motifs is 1.